The lowest BCUT2D eigenvalue weighted by atomic mass is 9.79. The molecule has 1 saturated heterocycles. The quantitative estimate of drug-likeness (QED) is 0.0754. The summed E-state index contributed by atoms with van der Waals surface area (Å²) in [7, 11) is -4.90. The number of epoxide rings is 1. The minimum atomic E-state index is -2.45. The van der Waals surface area contributed by atoms with Gasteiger partial charge in [0.15, 0.2) is 16.6 Å². The Morgan fingerprint density at radius 1 is 0.881 bits per heavy atom. The summed E-state index contributed by atoms with van der Waals surface area (Å²) in [5.74, 6) is -1.42. The number of allylic oxidation sites excluding steroid dienone is 1. The molecule has 7 heteroatoms. The first-order valence-corrected chi connectivity index (χ1v) is 22.8. The molecule has 1 aliphatic carbocycles. The Hall–Kier alpha value is -0.476. The molecular weight excluding hydrogens is 557 g/mol. The number of carboxylic acids is 1. The Kier molecular flexibility index (Phi) is 12.5. The minimum absolute atomic E-state index is 0.0665. The van der Waals surface area contributed by atoms with Gasteiger partial charge < -0.3 is 18.7 Å². The minimum Gasteiger partial charge on any atom is -0.477 e. The molecule has 2 rings (SSSR count). The molecule has 5 nitrogen and oxygen atoms in total. The number of ether oxygens (including phenoxy) is 1. The van der Waals surface area contributed by atoms with Gasteiger partial charge in [0.1, 0.15) is 0 Å². The Morgan fingerprint density at radius 3 is 1.88 bits per heavy atom. The van der Waals surface area contributed by atoms with Gasteiger partial charge in [-0.2, -0.15) is 0 Å². The number of unbranched alkanes of at least 4 members (excludes halogenated alkanes) is 1. The van der Waals surface area contributed by atoms with Crippen LogP contribution in [0.5, 0.6) is 0 Å². The lowest BCUT2D eigenvalue weighted by Crippen LogP contribution is -2.60. The Balaban J connectivity index is 2.09. The van der Waals surface area contributed by atoms with Gasteiger partial charge in [-0.05, 0) is 98.5 Å². The Labute approximate surface area is 262 Å². The van der Waals surface area contributed by atoms with Gasteiger partial charge in [0.05, 0.1) is 12.2 Å². The summed E-state index contributed by atoms with van der Waals surface area (Å²) >= 11 is 0. The second-order valence-corrected chi connectivity index (χ2v) is 26.9. The maximum absolute atomic E-state index is 13.1. The summed E-state index contributed by atoms with van der Waals surface area (Å²) in [5, 5.41) is 10.4. The molecule has 0 bridgehead atoms. The fourth-order valence-corrected chi connectivity index (χ4v) is 8.90. The third-order valence-corrected chi connectivity index (χ3v) is 20.2. The maximum Gasteiger partial charge on any atom is 0.362 e. The van der Waals surface area contributed by atoms with Crippen LogP contribution < -0.4 is 0 Å². The topological polar surface area (TPSA) is 68.3 Å². The first-order chi connectivity index (χ1) is 19.0. The predicted molar refractivity (Wildman–Crippen MR) is 182 cm³/mol. The molecule has 0 aromatic heterocycles. The normalized spacial score (nSPS) is 24.4. The summed E-state index contributed by atoms with van der Waals surface area (Å²) in [6.45, 7) is 33.0. The van der Waals surface area contributed by atoms with E-state index >= 15 is 0 Å². The van der Waals surface area contributed by atoms with Crippen molar-refractivity contribution in [2.24, 2.45) is 17.3 Å². The van der Waals surface area contributed by atoms with Gasteiger partial charge in [-0.25, -0.2) is 4.79 Å². The van der Waals surface area contributed by atoms with Crippen molar-refractivity contribution < 1.29 is 23.5 Å². The van der Waals surface area contributed by atoms with Crippen LogP contribution in [0.15, 0.2) is 12.2 Å². The number of rotatable bonds is 17. The molecule has 1 heterocycles. The Morgan fingerprint density at radius 2 is 1.40 bits per heavy atom. The maximum atomic E-state index is 13.1. The molecule has 0 aromatic rings. The van der Waals surface area contributed by atoms with E-state index in [0.29, 0.717) is 30.1 Å². The SMILES string of the molecule is C=C1CC[C@H](CCCC(C)(C)CCCC)[C@H]1C[C@H]1OC1CCC(O[Si](C)(C)C(C)(C)C)(O[Si](C)(C)C(C)(C)C)C(=O)O. The van der Waals surface area contributed by atoms with E-state index < -0.39 is 28.4 Å². The van der Waals surface area contributed by atoms with Crippen LogP contribution in [-0.4, -0.2) is 45.7 Å². The second-order valence-electron chi connectivity index (χ2n) is 17.5. The van der Waals surface area contributed by atoms with Crippen LogP contribution in [0.3, 0.4) is 0 Å². The van der Waals surface area contributed by atoms with Crippen LogP contribution >= 0.6 is 0 Å². The molecule has 0 amide bonds. The molecule has 1 aliphatic heterocycles. The molecular formula is C35H68O5Si2. The zero-order valence-electron chi connectivity index (χ0n) is 29.9. The molecule has 0 radical (unpaired) electrons. The number of carboxylic acid groups (broad SMARTS) is 1. The van der Waals surface area contributed by atoms with E-state index in [1.165, 1.54) is 50.5 Å². The monoisotopic (exact) mass is 624 g/mol. The van der Waals surface area contributed by atoms with Gasteiger partial charge in [0.2, 0.25) is 0 Å². The molecule has 0 aromatic carbocycles. The van der Waals surface area contributed by atoms with Crippen LogP contribution in [0.2, 0.25) is 36.3 Å². The third kappa shape index (κ3) is 10.0. The number of hydrogen-bond donors (Lipinski definition) is 1. The van der Waals surface area contributed by atoms with Crippen molar-refractivity contribution in [1.29, 1.82) is 0 Å². The molecule has 246 valence electrons. The lowest BCUT2D eigenvalue weighted by molar-refractivity contribution is -0.194. The molecule has 2 aliphatic rings. The summed E-state index contributed by atoms with van der Waals surface area (Å²) in [4.78, 5) is 13.1. The largest absolute Gasteiger partial charge is 0.477 e. The van der Waals surface area contributed by atoms with Crippen LogP contribution in [0.1, 0.15) is 133 Å². The van der Waals surface area contributed by atoms with Gasteiger partial charge in [-0.15, -0.1) is 0 Å². The zero-order chi connectivity index (χ0) is 32.4. The van der Waals surface area contributed by atoms with Crippen molar-refractivity contribution in [3.8, 4) is 0 Å². The van der Waals surface area contributed by atoms with Gasteiger partial charge in [0.25, 0.3) is 5.79 Å². The van der Waals surface area contributed by atoms with E-state index in [-0.39, 0.29) is 22.3 Å². The average Bonchev–Trinajstić information content (AvgIpc) is 3.48. The highest BCUT2D eigenvalue weighted by Gasteiger charge is 2.56. The first kappa shape index (κ1) is 37.7. The summed E-state index contributed by atoms with van der Waals surface area (Å²) in [5.41, 5.74) is 1.82. The third-order valence-electron chi connectivity index (χ3n) is 11.3. The van der Waals surface area contributed by atoms with E-state index in [1.54, 1.807) is 0 Å². The molecule has 1 N–H and O–H groups in total. The molecule has 1 saturated carbocycles. The second kappa shape index (κ2) is 13.9. The van der Waals surface area contributed by atoms with Crippen LogP contribution in [0, 0.1) is 17.3 Å². The highest BCUT2D eigenvalue weighted by molar-refractivity contribution is 6.75. The van der Waals surface area contributed by atoms with Crippen molar-refractivity contribution in [3.63, 3.8) is 0 Å². The van der Waals surface area contributed by atoms with Gasteiger partial charge in [0, 0.05) is 6.42 Å². The zero-order valence-corrected chi connectivity index (χ0v) is 31.9. The molecule has 4 atom stereocenters. The fraction of sp³-hybridized carbons (Fsp3) is 0.914. The average molecular weight is 625 g/mol. The van der Waals surface area contributed by atoms with Crippen LogP contribution in [-0.2, 0) is 18.4 Å². The molecule has 42 heavy (non-hydrogen) atoms. The van der Waals surface area contributed by atoms with E-state index in [4.69, 9.17) is 13.6 Å². The van der Waals surface area contributed by atoms with Gasteiger partial charge in [-0.3, -0.25) is 0 Å². The number of hydrogen-bond acceptors (Lipinski definition) is 4. The van der Waals surface area contributed by atoms with Crippen LogP contribution in [0.4, 0.5) is 0 Å². The van der Waals surface area contributed by atoms with Crippen molar-refractivity contribution in [2.45, 2.75) is 187 Å². The van der Waals surface area contributed by atoms with E-state index in [9.17, 15) is 9.90 Å². The standard InChI is InChI=1S/C35H68O5Si2/c1-15-16-22-34(9,10)23-17-18-27-20-19-26(2)28(27)25-30-29(38-30)21-24-35(31(36)37,39-41(11,12)32(3,4)5)40-42(13,14)33(6,7)8/h27-30H,2,15-25H2,1,3-14H3,(H,36,37)/t27-,28-,29?,30+/m0/s1. The Bertz CT molecular complexity index is 883. The van der Waals surface area contributed by atoms with Gasteiger partial charge in [-0.1, -0.05) is 93.7 Å². The smallest absolute Gasteiger partial charge is 0.362 e. The fourth-order valence-electron chi connectivity index (χ4n) is 6.09. The summed E-state index contributed by atoms with van der Waals surface area (Å²) in [6.07, 6.45) is 12.4. The predicted octanol–water partition coefficient (Wildman–Crippen LogP) is 10.7. The van der Waals surface area contributed by atoms with Crippen molar-refractivity contribution in [3.05, 3.63) is 12.2 Å². The molecule has 2 fully saturated rings. The van der Waals surface area contributed by atoms with Crippen molar-refractivity contribution in [1.82, 2.24) is 0 Å². The number of aliphatic carboxylic acids is 1. The van der Waals surface area contributed by atoms with E-state index in [2.05, 4.69) is 95.1 Å². The van der Waals surface area contributed by atoms with E-state index in [0.717, 1.165) is 12.8 Å². The first-order valence-electron chi connectivity index (χ1n) is 16.9. The van der Waals surface area contributed by atoms with Crippen LogP contribution in [0.25, 0.3) is 0 Å². The lowest BCUT2D eigenvalue weighted by Gasteiger charge is -2.48. The highest BCUT2D eigenvalue weighted by Crippen LogP contribution is 2.48. The summed E-state index contributed by atoms with van der Waals surface area (Å²) < 4.78 is 19.7. The van der Waals surface area contributed by atoms with Crippen molar-refractivity contribution in [2.75, 3.05) is 0 Å². The molecule has 1 unspecified atom stereocenters. The highest BCUT2D eigenvalue weighted by atomic mass is 28.4. The van der Waals surface area contributed by atoms with Crippen molar-refractivity contribution >= 4 is 22.6 Å². The summed E-state index contributed by atoms with van der Waals surface area (Å²) in [6, 6.07) is 0. The molecule has 0 spiro atoms. The van der Waals surface area contributed by atoms with E-state index in [1.807, 2.05) is 0 Å². The van der Waals surface area contributed by atoms with Gasteiger partial charge >= 0.3 is 5.97 Å². The number of carbonyl (C=O) groups is 1.